The van der Waals surface area contributed by atoms with Crippen molar-refractivity contribution in [2.45, 2.75) is 13.5 Å². The average molecular weight is 479 g/mol. The fraction of sp³-hybridized carbons (Fsp3) is 0.0833. The van der Waals surface area contributed by atoms with Gasteiger partial charge in [-0.3, -0.25) is 9.78 Å². The van der Waals surface area contributed by atoms with E-state index in [-0.39, 0.29) is 12.1 Å². The van der Waals surface area contributed by atoms with Crippen LogP contribution in [0.1, 0.15) is 21.6 Å². The highest BCUT2D eigenvalue weighted by molar-refractivity contribution is 6.33. The molecule has 3 amide bonds. The summed E-state index contributed by atoms with van der Waals surface area (Å²) in [4.78, 5) is 29.0. The number of para-hydroxylation sites is 1. The van der Waals surface area contributed by atoms with E-state index in [1.165, 1.54) is 29.1 Å². The van der Waals surface area contributed by atoms with Crippen LogP contribution >= 0.6 is 11.6 Å². The van der Waals surface area contributed by atoms with Gasteiger partial charge >= 0.3 is 6.03 Å². The Morgan fingerprint density at radius 2 is 1.88 bits per heavy atom. The minimum absolute atomic E-state index is 0.126. The molecule has 0 fully saturated rings. The lowest BCUT2D eigenvalue weighted by molar-refractivity contribution is 0.0946. The Labute approximate surface area is 199 Å². The van der Waals surface area contributed by atoms with E-state index in [2.05, 4.69) is 26.0 Å². The van der Waals surface area contributed by atoms with Gasteiger partial charge in [0.15, 0.2) is 0 Å². The van der Waals surface area contributed by atoms with Crippen LogP contribution in [0.2, 0.25) is 5.02 Å². The summed E-state index contributed by atoms with van der Waals surface area (Å²) in [5, 5.41) is 12.6. The fourth-order valence-electron chi connectivity index (χ4n) is 3.09. The number of pyridine rings is 1. The SMILES string of the molecule is Cc1ccc(CNC(=O)c2cc(-n3cc(NC(=O)Nc4ccccc4Cl)cn3)ccc2F)cn1. The molecular formula is C24H20ClFN6O2. The Morgan fingerprint density at radius 1 is 1.06 bits per heavy atom. The second kappa shape index (κ2) is 10.1. The molecule has 2 heterocycles. The van der Waals surface area contributed by atoms with Gasteiger partial charge < -0.3 is 16.0 Å². The number of amides is 3. The average Bonchev–Trinajstić information content (AvgIpc) is 3.28. The first kappa shape index (κ1) is 22.9. The van der Waals surface area contributed by atoms with Crippen LogP contribution < -0.4 is 16.0 Å². The summed E-state index contributed by atoms with van der Waals surface area (Å²) in [5.41, 5.74) is 2.84. The van der Waals surface area contributed by atoms with Gasteiger partial charge in [0.25, 0.3) is 5.91 Å². The van der Waals surface area contributed by atoms with Crippen molar-refractivity contribution in [2.24, 2.45) is 0 Å². The number of anilines is 2. The van der Waals surface area contributed by atoms with E-state index in [0.717, 1.165) is 11.3 Å². The summed E-state index contributed by atoms with van der Waals surface area (Å²) < 4.78 is 15.8. The van der Waals surface area contributed by atoms with Crippen molar-refractivity contribution in [2.75, 3.05) is 10.6 Å². The Hall–Kier alpha value is -4.24. The van der Waals surface area contributed by atoms with Crippen LogP contribution in [0, 0.1) is 12.7 Å². The van der Waals surface area contributed by atoms with E-state index in [1.54, 1.807) is 36.7 Å². The van der Waals surface area contributed by atoms with E-state index in [0.29, 0.717) is 22.1 Å². The van der Waals surface area contributed by atoms with Crippen molar-refractivity contribution < 1.29 is 14.0 Å². The molecular weight excluding hydrogens is 459 g/mol. The first-order chi connectivity index (χ1) is 16.4. The van der Waals surface area contributed by atoms with Crippen LogP contribution in [0.5, 0.6) is 0 Å². The number of aryl methyl sites for hydroxylation is 1. The van der Waals surface area contributed by atoms with E-state index in [4.69, 9.17) is 11.6 Å². The lowest BCUT2D eigenvalue weighted by atomic mass is 10.1. The van der Waals surface area contributed by atoms with E-state index >= 15 is 0 Å². The van der Waals surface area contributed by atoms with E-state index in [1.807, 2.05) is 19.1 Å². The number of urea groups is 1. The lowest BCUT2D eigenvalue weighted by Crippen LogP contribution is -2.24. The number of nitrogens with zero attached hydrogens (tertiary/aromatic N) is 3. The standard InChI is InChI=1S/C24H20ClFN6O2/c1-15-6-7-16(11-27-15)12-28-23(33)19-10-18(8-9-21(19)26)32-14-17(13-29-32)30-24(34)31-22-5-3-2-4-20(22)25/h2-11,13-14H,12H2,1H3,(H,28,33)(H2,30,31,34). The molecule has 0 saturated heterocycles. The largest absolute Gasteiger partial charge is 0.348 e. The minimum Gasteiger partial charge on any atom is -0.348 e. The molecule has 0 unspecified atom stereocenters. The number of nitrogens with one attached hydrogen (secondary N) is 3. The van der Waals surface area contributed by atoms with Crippen molar-refractivity contribution in [1.29, 1.82) is 0 Å². The normalized spacial score (nSPS) is 10.6. The number of hydrogen-bond donors (Lipinski definition) is 3. The molecule has 0 radical (unpaired) electrons. The Balaban J connectivity index is 1.43. The number of carbonyl (C=O) groups excluding carboxylic acids is 2. The zero-order chi connectivity index (χ0) is 24.1. The van der Waals surface area contributed by atoms with Gasteiger partial charge in [-0.1, -0.05) is 29.8 Å². The number of aromatic nitrogens is 3. The second-order valence-corrected chi connectivity index (χ2v) is 7.79. The molecule has 172 valence electrons. The molecule has 4 aromatic rings. The first-order valence-corrected chi connectivity index (χ1v) is 10.6. The highest BCUT2D eigenvalue weighted by Gasteiger charge is 2.14. The van der Waals surface area contributed by atoms with Crippen LogP contribution in [0.25, 0.3) is 5.69 Å². The predicted octanol–water partition coefficient (Wildman–Crippen LogP) is 4.94. The highest BCUT2D eigenvalue weighted by atomic mass is 35.5. The molecule has 2 aromatic carbocycles. The van der Waals surface area contributed by atoms with Crippen molar-refractivity contribution in [1.82, 2.24) is 20.1 Å². The molecule has 0 aliphatic rings. The fourth-order valence-corrected chi connectivity index (χ4v) is 3.27. The smallest absolute Gasteiger partial charge is 0.323 e. The highest BCUT2D eigenvalue weighted by Crippen LogP contribution is 2.21. The molecule has 3 N–H and O–H groups in total. The van der Waals surface area contributed by atoms with E-state index in [9.17, 15) is 14.0 Å². The summed E-state index contributed by atoms with van der Waals surface area (Å²) in [6, 6.07) is 14.1. The molecule has 0 saturated carbocycles. The second-order valence-electron chi connectivity index (χ2n) is 7.39. The third-order valence-electron chi connectivity index (χ3n) is 4.85. The van der Waals surface area contributed by atoms with Crippen LogP contribution in [0.15, 0.2) is 73.2 Å². The van der Waals surface area contributed by atoms with Gasteiger partial charge in [0.05, 0.1) is 40.0 Å². The Bertz CT molecular complexity index is 1340. The number of benzene rings is 2. The minimum atomic E-state index is -0.659. The Kier molecular flexibility index (Phi) is 6.84. The number of halogens is 2. The molecule has 0 atom stereocenters. The van der Waals surface area contributed by atoms with Gasteiger partial charge in [0.2, 0.25) is 0 Å². The van der Waals surface area contributed by atoms with Gasteiger partial charge in [-0.15, -0.1) is 0 Å². The number of carbonyl (C=O) groups is 2. The van der Waals surface area contributed by atoms with Crippen LogP contribution in [-0.4, -0.2) is 26.7 Å². The molecule has 34 heavy (non-hydrogen) atoms. The summed E-state index contributed by atoms with van der Waals surface area (Å²) in [7, 11) is 0. The number of hydrogen-bond acceptors (Lipinski definition) is 4. The van der Waals surface area contributed by atoms with Crippen molar-refractivity contribution in [3.05, 3.63) is 101 Å². The maximum Gasteiger partial charge on any atom is 0.323 e. The molecule has 0 aliphatic heterocycles. The summed E-state index contributed by atoms with van der Waals surface area (Å²) >= 11 is 6.05. The zero-order valence-electron chi connectivity index (χ0n) is 18.0. The van der Waals surface area contributed by atoms with Crippen molar-refractivity contribution in [3.8, 4) is 5.69 Å². The number of rotatable bonds is 6. The van der Waals surface area contributed by atoms with Crippen LogP contribution in [-0.2, 0) is 6.54 Å². The van der Waals surface area contributed by atoms with E-state index < -0.39 is 17.8 Å². The summed E-state index contributed by atoms with van der Waals surface area (Å²) in [6.07, 6.45) is 4.63. The first-order valence-electron chi connectivity index (χ1n) is 10.3. The van der Waals surface area contributed by atoms with Crippen LogP contribution in [0.4, 0.5) is 20.6 Å². The third kappa shape index (κ3) is 5.57. The predicted molar refractivity (Wildman–Crippen MR) is 128 cm³/mol. The van der Waals surface area contributed by atoms with Gasteiger partial charge in [-0.05, 0) is 48.9 Å². The molecule has 0 aliphatic carbocycles. The summed E-state index contributed by atoms with van der Waals surface area (Å²) in [5.74, 6) is -1.22. The van der Waals surface area contributed by atoms with Gasteiger partial charge in [0, 0.05) is 18.4 Å². The lowest BCUT2D eigenvalue weighted by Gasteiger charge is -2.09. The van der Waals surface area contributed by atoms with Gasteiger partial charge in [-0.25, -0.2) is 13.9 Å². The summed E-state index contributed by atoms with van der Waals surface area (Å²) in [6.45, 7) is 2.08. The monoisotopic (exact) mass is 478 g/mol. The van der Waals surface area contributed by atoms with Gasteiger partial charge in [-0.2, -0.15) is 5.10 Å². The van der Waals surface area contributed by atoms with Crippen molar-refractivity contribution >= 4 is 34.9 Å². The van der Waals surface area contributed by atoms with Crippen molar-refractivity contribution in [3.63, 3.8) is 0 Å². The quantitative estimate of drug-likeness (QED) is 0.365. The van der Waals surface area contributed by atoms with Gasteiger partial charge in [0.1, 0.15) is 5.82 Å². The maximum absolute atomic E-state index is 14.4. The molecule has 0 spiro atoms. The molecule has 8 nitrogen and oxygen atoms in total. The Morgan fingerprint density at radius 3 is 2.65 bits per heavy atom. The zero-order valence-corrected chi connectivity index (χ0v) is 18.8. The third-order valence-corrected chi connectivity index (χ3v) is 5.18. The molecule has 4 rings (SSSR count). The topological polar surface area (TPSA) is 101 Å². The maximum atomic E-state index is 14.4. The molecule has 10 heteroatoms. The molecule has 0 bridgehead atoms. The van der Waals surface area contributed by atoms with Crippen LogP contribution in [0.3, 0.4) is 0 Å². The molecule has 2 aromatic heterocycles.